The van der Waals surface area contributed by atoms with Gasteiger partial charge in [0.1, 0.15) is 24.9 Å². The average molecular weight is 243 g/mol. The molecule has 0 spiro atoms. The predicted molar refractivity (Wildman–Crippen MR) is 50.5 cm³/mol. The van der Waals surface area contributed by atoms with Crippen LogP contribution in [0.5, 0.6) is 0 Å². The molecule has 0 aromatic rings. The molecule has 0 radical (unpaired) electrons. The van der Waals surface area contributed by atoms with Crippen LogP contribution in [0.2, 0.25) is 0 Å². The van der Waals surface area contributed by atoms with E-state index in [1.54, 1.807) is 0 Å². The van der Waals surface area contributed by atoms with Gasteiger partial charge in [0.25, 0.3) is 0 Å². The average Bonchev–Trinajstić information content (AvgIpc) is 2.26. The summed E-state index contributed by atoms with van der Waals surface area (Å²) < 4.78 is 10.1. The number of hydrogen-bond acceptors (Lipinski definition) is 6. The smallest absolute Gasteiger partial charge is 0.221 e. The van der Waals surface area contributed by atoms with Crippen molar-refractivity contribution in [2.45, 2.75) is 24.1 Å². The van der Waals surface area contributed by atoms with Gasteiger partial charge in [0.15, 0.2) is 0 Å². The molecule has 1 heterocycles. The Kier molecular flexibility index (Phi) is 4.72. The summed E-state index contributed by atoms with van der Waals surface area (Å²) in [5.41, 5.74) is 0. The number of hydrogen-bond donors (Lipinski definition) is 4. The number of halogens is 1. The maximum absolute atomic E-state index is 9.62. The number of ether oxygens (including phenoxy) is 2. The lowest BCUT2D eigenvalue weighted by molar-refractivity contribution is -0.347. The van der Waals surface area contributed by atoms with Gasteiger partial charge < -0.3 is 29.9 Å². The van der Waals surface area contributed by atoms with Gasteiger partial charge in [-0.2, -0.15) is 0 Å². The minimum absolute atomic E-state index is 0.0575. The molecule has 7 heteroatoms. The Balaban J connectivity index is 2.71. The fraction of sp³-hybridized carbons (Fsp3) is 1.00. The highest BCUT2D eigenvalue weighted by Crippen LogP contribution is 2.27. The highest BCUT2D eigenvalue weighted by Gasteiger charge is 2.50. The van der Waals surface area contributed by atoms with Crippen LogP contribution in [0.4, 0.5) is 0 Å². The number of alkyl halides is 1. The number of rotatable bonds is 4. The third-order valence-electron chi connectivity index (χ3n) is 2.31. The van der Waals surface area contributed by atoms with Crippen LogP contribution in [0.25, 0.3) is 0 Å². The van der Waals surface area contributed by atoms with Gasteiger partial charge in [-0.15, -0.1) is 11.6 Å². The molecule has 1 fully saturated rings. The van der Waals surface area contributed by atoms with E-state index in [2.05, 4.69) is 0 Å². The molecule has 6 nitrogen and oxygen atoms in total. The molecule has 0 amide bonds. The molecule has 1 aliphatic heterocycles. The number of aliphatic hydroxyl groups excluding tert-OH is 4. The Labute approximate surface area is 92.0 Å². The Hall–Kier alpha value is 0.0500. The van der Waals surface area contributed by atoms with Gasteiger partial charge in [-0.25, -0.2) is 0 Å². The van der Waals surface area contributed by atoms with Crippen molar-refractivity contribution in [3.63, 3.8) is 0 Å². The number of aliphatic hydroxyl groups is 4. The molecule has 0 aromatic carbocycles. The van der Waals surface area contributed by atoms with Gasteiger partial charge in [0.05, 0.1) is 13.2 Å². The van der Waals surface area contributed by atoms with Crippen LogP contribution in [0, 0.1) is 0 Å². The van der Waals surface area contributed by atoms with Crippen molar-refractivity contribution in [3.05, 3.63) is 0 Å². The lowest BCUT2D eigenvalue weighted by Gasteiger charge is -2.43. The van der Waals surface area contributed by atoms with Gasteiger partial charge >= 0.3 is 0 Å². The van der Waals surface area contributed by atoms with Crippen molar-refractivity contribution in [3.8, 4) is 0 Å². The van der Waals surface area contributed by atoms with Crippen LogP contribution in [-0.4, -0.2) is 70.2 Å². The van der Waals surface area contributed by atoms with Crippen LogP contribution >= 0.6 is 11.6 Å². The van der Waals surface area contributed by atoms with E-state index in [0.717, 1.165) is 0 Å². The van der Waals surface area contributed by atoms with Crippen molar-refractivity contribution < 1.29 is 29.9 Å². The first-order chi connectivity index (χ1) is 7.07. The first-order valence-corrected chi connectivity index (χ1v) is 5.10. The van der Waals surface area contributed by atoms with Crippen LogP contribution < -0.4 is 0 Å². The minimum Gasteiger partial charge on any atom is -0.391 e. The molecule has 1 rings (SSSR count). The Morgan fingerprint density at radius 1 is 1.40 bits per heavy atom. The Morgan fingerprint density at radius 2 is 2.07 bits per heavy atom. The Bertz CT molecular complexity index is 200. The molecular weight excluding hydrogens is 228 g/mol. The van der Waals surface area contributed by atoms with Crippen LogP contribution in [0.15, 0.2) is 0 Å². The van der Waals surface area contributed by atoms with E-state index in [9.17, 15) is 15.3 Å². The van der Waals surface area contributed by atoms with E-state index < -0.39 is 30.7 Å². The molecule has 15 heavy (non-hydrogen) atoms. The second-order valence-electron chi connectivity index (χ2n) is 3.32. The van der Waals surface area contributed by atoms with E-state index in [0.29, 0.717) is 0 Å². The summed E-state index contributed by atoms with van der Waals surface area (Å²) in [6.07, 6.45) is -4.13. The maximum atomic E-state index is 9.62. The molecular formula is C8H15ClO6. The van der Waals surface area contributed by atoms with E-state index >= 15 is 0 Å². The fourth-order valence-electron chi connectivity index (χ4n) is 1.40. The topological polar surface area (TPSA) is 99.4 Å². The standard InChI is InChI=1S/C8H15ClO6/c9-1-2-14-8(4-10)7(13)6(12)5(11)3-15-8/h5-7,10-13H,1-4H2/t5-,6+,7-,8+/m1/s1. The second kappa shape index (κ2) is 5.40. The van der Waals surface area contributed by atoms with Crippen molar-refractivity contribution in [1.29, 1.82) is 0 Å². The van der Waals surface area contributed by atoms with Gasteiger partial charge in [-0.1, -0.05) is 0 Å². The molecule has 0 aromatic heterocycles. The monoisotopic (exact) mass is 242 g/mol. The first-order valence-electron chi connectivity index (χ1n) is 4.56. The molecule has 0 unspecified atom stereocenters. The fourth-order valence-corrected chi connectivity index (χ4v) is 1.48. The highest BCUT2D eigenvalue weighted by molar-refractivity contribution is 6.17. The molecule has 0 bridgehead atoms. The molecule has 4 atom stereocenters. The van der Waals surface area contributed by atoms with Crippen LogP contribution in [0.3, 0.4) is 0 Å². The molecule has 0 saturated carbocycles. The van der Waals surface area contributed by atoms with Gasteiger partial charge in [-0.3, -0.25) is 0 Å². The van der Waals surface area contributed by atoms with E-state index in [1.807, 2.05) is 0 Å². The van der Waals surface area contributed by atoms with E-state index in [-0.39, 0.29) is 19.1 Å². The van der Waals surface area contributed by atoms with E-state index in [4.69, 9.17) is 26.2 Å². The normalized spacial score (nSPS) is 41.8. The lowest BCUT2D eigenvalue weighted by Crippen LogP contribution is -2.63. The summed E-state index contributed by atoms with van der Waals surface area (Å²) in [6, 6.07) is 0. The summed E-state index contributed by atoms with van der Waals surface area (Å²) >= 11 is 5.40. The highest BCUT2D eigenvalue weighted by atomic mass is 35.5. The second-order valence-corrected chi connectivity index (χ2v) is 3.70. The minimum atomic E-state index is -1.70. The summed E-state index contributed by atoms with van der Waals surface area (Å²) in [5, 5.41) is 37.3. The predicted octanol–water partition coefficient (Wildman–Crippen LogP) is -1.96. The van der Waals surface area contributed by atoms with Crippen molar-refractivity contribution in [1.82, 2.24) is 0 Å². The SMILES string of the molecule is OC[C@]1(OCCCl)OC[C@@H](O)[C@H](O)[C@H]1O. The third kappa shape index (κ3) is 2.59. The van der Waals surface area contributed by atoms with Crippen LogP contribution in [-0.2, 0) is 9.47 Å². The largest absolute Gasteiger partial charge is 0.391 e. The zero-order valence-electron chi connectivity index (χ0n) is 8.04. The molecule has 90 valence electrons. The molecule has 1 saturated heterocycles. The summed E-state index contributed by atoms with van der Waals surface area (Å²) in [5.74, 6) is -1.54. The van der Waals surface area contributed by atoms with Gasteiger partial charge in [0.2, 0.25) is 5.79 Å². The molecule has 1 aliphatic rings. The quantitative estimate of drug-likeness (QED) is 0.428. The zero-order chi connectivity index (χ0) is 11.5. The molecule has 0 aliphatic carbocycles. The van der Waals surface area contributed by atoms with Crippen molar-refractivity contribution in [2.75, 3.05) is 25.7 Å². The lowest BCUT2D eigenvalue weighted by atomic mass is 9.97. The summed E-state index contributed by atoms with van der Waals surface area (Å²) in [7, 11) is 0. The maximum Gasteiger partial charge on any atom is 0.221 e. The van der Waals surface area contributed by atoms with Gasteiger partial charge in [-0.05, 0) is 0 Å². The molecule has 4 N–H and O–H groups in total. The van der Waals surface area contributed by atoms with Gasteiger partial charge in [0, 0.05) is 5.88 Å². The summed E-state index contributed by atoms with van der Waals surface area (Å²) in [4.78, 5) is 0. The van der Waals surface area contributed by atoms with E-state index in [1.165, 1.54) is 0 Å². The summed E-state index contributed by atoms with van der Waals surface area (Å²) in [6.45, 7) is -0.794. The Morgan fingerprint density at radius 3 is 2.60 bits per heavy atom. The zero-order valence-corrected chi connectivity index (χ0v) is 8.80. The van der Waals surface area contributed by atoms with Crippen molar-refractivity contribution in [2.24, 2.45) is 0 Å². The van der Waals surface area contributed by atoms with Crippen molar-refractivity contribution >= 4 is 11.6 Å². The third-order valence-corrected chi connectivity index (χ3v) is 2.46. The van der Waals surface area contributed by atoms with Crippen LogP contribution in [0.1, 0.15) is 0 Å². The first kappa shape index (κ1) is 13.1.